The lowest BCUT2D eigenvalue weighted by atomic mass is 10.1. The van der Waals surface area contributed by atoms with Gasteiger partial charge in [-0.05, 0) is 11.1 Å². The number of hydrogen-bond acceptors (Lipinski definition) is 5. The Morgan fingerprint density at radius 1 is 1.26 bits per heavy atom. The molecule has 19 heavy (non-hydrogen) atoms. The van der Waals surface area contributed by atoms with E-state index < -0.39 is 0 Å². The summed E-state index contributed by atoms with van der Waals surface area (Å²) in [5, 5.41) is 0. The van der Waals surface area contributed by atoms with Crippen molar-refractivity contribution in [2.45, 2.75) is 13.1 Å². The summed E-state index contributed by atoms with van der Waals surface area (Å²) >= 11 is 0. The summed E-state index contributed by atoms with van der Waals surface area (Å²) < 4.78 is 5.07. The fraction of sp³-hybridized carbons (Fsp3) is 0.286. The highest BCUT2D eigenvalue weighted by molar-refractivity contribution is 5.38. The molecule has 0 atom stereocenters. The van der Waals surface area contributed by atoms with E-state index >= 15 is 0 Å². The molecule has 1 aromatic carbocycles. The van der Waals surface area contributed by atoms with Crippen LogP contribution in [0.2, 0.25) is 0 Å². The van der Waals surface area contributed by atoms with E-state index in [0.717, 1.165) is 17.9 Å². The first-order valence-electron chi connectivity index (χ1n) is 6.08. The third-order valence-electron chi connectivity index (χ3n) is 2.85. The molecule has 1 aromatic heterocycles. The smallest absolute Gasteiger partial charge is 0.233 e. The summed E-state index contributed by atoms with van der Waals surface area (Å²) in [5.41, 5.74) is 7.96. The maximum absolute atomic E-state index is 5.65. The van der Waals surface area contributed by atoms with E-state index in [1.807, 2.05) is 24.1 Å². The van der Waals surface area contributed by atoms with E-state index in [-0.39, 0.29) is 0 Å². The van der Waals surface area contributed by atoms with Gasteiger partial charge in [0.2, 0.25) is 5.88 Å². The van der Waals surface area contributed by atoms with Crippen molar-refractivity contribution in [3.8, 4) is 5.88 Å². The number of nitrogens with zero attached hydrogens (tertiary/aromatic N) is 3. The molecule has 0 aliphatic heterocycles. The molecule has 2 N–H and O–H groups in total. The van der Waals surface area contributed by atoms with Crippen molar-refractivity contribution in [1.29, 1.82) is 0 Å². The zero-order valence-corrected chi connectivity index (χ0v) is 11.2. The topological polar surface area (TPSA) is 64.3 Å². The van der Waals surface area contributed by atoms with Crippen LogP contribution in [0.3, 0.4) is 0 Å². The zero-order valence-electron chi connectivity index (χ0n) is 11.2. The summed E-state index contributed by atoms with van der Waals surface area (Å²) in [6.07, 6.45) is 3.31. The summed E-state index contributed by atoms with van der Waals surface area (Å²) in [5.74, 6) is 1.29. The van der Waals surface area contributed by atoms with Gasteiger partial charge in [0.1, 0.15) is 0 Å². The minimum Gasteiger partial charge on any atom is -0.480 e. The molecule has 0 bridgehead atoms. The first-order valence-corrected chi connectivity index (χ1v) is 6.08. The molecule has 0 spiro atoms. The van der Waals surface area contributed by atoms with Gasteiger partial charge in [-0.25, -0.2) is 0 Å². The molecule has 0 aliphatic rings. The number of ether oxygens (including phenoxy) is 1. The molecule has 5 heteroatoms. The highest BCUT2D eigenvalue weighted by Gasteiger charge is 2.06. The quantitative estimate of drug-likeness (QED) is 0.882. The van der Waals surface area contributed by atoms with Crippen molar-refractivity contribution in [3.05, 3.63) is 47.8 Å². The number of rotatable bonds is 5. The Morgan fingerprint density at radius 2 is 2.05 bits per heavy atom. The minimum absolute atomic E-state index is 0.514. The number of aromatic nitrogens is 2. The SMILES string of the molecule is COc1cncc(N(C)Cc2cccc(CN)c2)n1. The van der Waals surface area contributed by atoms with Gasteiger partial charge in [0.05, 0.1) is 19.5 Å². The Morgan fingerprint density at radius 3 is 2.79 bits per heavy atom. The normalized spacial score (nSPS) is 10.3. The van der Waals surface area contributed by atoms with Crippen LogP contribution in [0.5, 0.6) is 5.88 Å². The van der Waals surface area contributed by atoms with Crippen LogP contribution in [0.4, 0.5) is 5.82 Å². The molecule has 0 saturated heterocycles. The van der Waals surface area contributed by atoms with Gasteiger partial charge in [-0.2, -0.15) is 4.98 Å². The summed E-state index contributed by atoms with van der Waals surface area (Å²) in [6, 6.07) is 8.21. The highest BCUT2D eigenvalue weighted by atomic mass is 16.5. The van der Waals surface area contributed by atoms with E-state index in [2.05, 4.69) is 22.1 Å². The van der Waals surface area contributed by atoms with Crippen molar-refractivity contribution >= 4 is 5.82 Å². The third-order valence-corrected chi connectivity index (χ3v) is 2.85. The van der Waals surface area contributed by atoms with Crippen LogP contribution >= 0.6 is 0 Å². The molecule has 2 aromatic rings. The predicted octanol–water partition coefficient (Wildman–Crippen LogP) is 1.58. The first kappa shape index (κ1) is 13.3. The minimum atomic E-state index is 0.514. The van der Waals surface area contributed by atoms with Crippen LogP contribution in [0.15, 0.2) is 36.7 Å². The lowest BCUT2D eigenvalue weighted by Crippen LogP contribution is -2.18. The Bertz CT molecular complexity index is 544. The summed E-state index contributed by atoms with van der Waals surface area (Å²) in [4.78, 5) is 10.5. The molecule has 0 fully saturated rings. The van der Waals surface area contributed by atoms with Crippen LogP contribution in [0, 0.1) is 0 Å². The predicted molar refractivity (Wildman–Crippen MR) is 75.0 cm³/mol. The van der Waals surface area contributed by atoms with E-state index in [1.165, 1.54) is 5.56 Å². The van der Waals surface area contributed by atoms with Crippen LogP contribution in [-0.4, -0.2) is 24.1 Å². The van der Waals surface area contributed by atoms with Crippen molar-refractivity contribution in [1.82, 2.24) is 9.97 Å². The first-order chi connectivity index (χ1) is 9.22. The molecular formula is C14H18N4O. The molecule has 2 rings (SSSR count). The standard InChI is InChI=1S/C14H18N4O/c1-18(13-8-16-9-14(17-13)19-2)10-12-5-3-4-11(6-12)7-15/h3-6,8-9H,7,10,15H2,1-2H3. The third kappa shape index (κ3) is 3.42. The van der Waals surface area contributed by atoms with E-state index in [9.17, 15) is 0 Å². The van der Waals surface area contributed by atoms with E-state index in [0.29, 0.717) is 12.4 Å². The molecule has 1 heterocycles. The fourth-order valence-electron chi connectivity index (χ4n) is 1.83. The second kappa shape index (κ2) is 6.15. The second-order valence-electron chi connectivity index (χ2n) is 4.30. The molecule has 0 unspecified atom stereocenters. The van der Waals surface area contributed by atoms with Gasteiger partial charge in [-0.1, -0.05) is 24.3 Å². The average molecular weight is 258 g/mol. The lowest BCUT2D eigenvalue weighted by Gasteiger charge is -2.18. The van der Waals surface area contributed by atoms with Crippen LogP contribution < -0.4 is 15.4 Å². The van der Waals surface area contributed by atoms with Crippen molar-refractivity contribution in [3.63, 3.8) is 0 Å². The number of methoxy groups -OCH3 is 1. The maximum Gasteiger partial charge on any atom is 0.233 e. The lowest BCUT2D eigenvalue weighted by molar-refractivity contribution is 0.395. The monoisotopic (exact) mass is 258 g/mol. The van der Waals surface area contributed by atoms with Gasteiger partial charge in [0.15, 0.2) is 5.82 Å². The van der Waals surface area contributed by atoms with Gasteiger partial charge in [-0.15, -0.1) is 0 Å². The van der Waals surface area contributed by atoms with E-state index in [4.69, 9.17) is 10.5 Å². The molecule has 100 valence electrons. The number of benzene rings is 1. The second-order valence-corrected chi connectivity index (χ2v) is 4.30. The Kier molecular flexibility index (Phi) is 4.30. The molecule has 0 amide bonds. The molecule has 0 aliphatic carbocycles. The van der Waals surface area contributed by atoms with Crippen molar-refractivity contribution in [2.24, 2.45) is 5.73 Å². The highest BCUT2D eigenvalue weighted by Crippen LogP contribution is 2.15. The summed E-state index contributed by atoms with van der Waals surface area (Å²) in [6.45, 7) is 1.30. The van der Waals surface area contributed by atoms with Gasteiger partial charge in [0.25, 0.3) is 0 Å². The average Bonchev–Trinajstić information content (AvgIpc) is 2.47. The number of hydrogen-bond donors (Lipinski definition) is 1. The van der Waals surface area contributed by atoms with Crippen molar-refractivity contribution < 1.29 is 4.74 Å². The van der Waals surface area contributed by atoms with Crippen molar-refractivity contribution in [2.75, 3.05) is 19.1 Å². The molecule has 0 radical (unpaired) electrons. The maximum atomic E-state index is 5.65. The van der Waals surface area contributed by atoms with Crippen LogP contribution in [0.25, 0.3) is 0 Å². The van der Waals surface area contributed by atoms with Gasteiger partial charge in [0, 0.05) is 20.1 Å². The Balaban J connectivity index is 2.13. The molecule has 0 saturated carbocycles. The van der Waals surface area contributed by atoms with Gasteiger partial charge in [-0.3, -0.25) is 4.98 Å². The molecular weight excluding hydrogens is 240 g/mol. The van der Waals surface area contributed by atoms with Crippen LogP contribution in [-0.2, 0) is 13.1 Å². The largest absolute Gasteiger partial charge is 0.480 e. The number of nitrogens with two attached hydrogens (primary N) is 1. The summed E-state index contributed by atoms with van der Waals surface area (Å²) in [7, 11) is 3.55. The number of anilines is 1. The Hall–Kier alpha value is -2.14. The fourth-order valence-corrected chi connectivity index (χ4v) is 1.83. The zero-order chi connectivity index (χ0) is 13.7. The van der Waals surface area contributed by atoms with Crippen LogP contribution in [0.1, 0.15) is 11.1 Å². The van der Waals surface area contributed by atoms with E-state index in [1.54, 1.807) is 19.5 Å². The molecule has 5 nitrogen and oxygen atoms in total. The Labute approximate surface area is 113 Å². The van der Waals surface area contributed by atoms with Gasteiger partial charge >= 0.3 is 0 Å². The van der Waals surface area contributed by atoms with Gasteiger partial charge < -0.3 is 15.4 Å².